The summed E-state index contributed by atoms with van der Waals surface area (Å²) in [6.07, 6.45) is 7.07. The molecule has 112 valence electrons. The highest BCUT2D eigenvalue weighted by molar-refractivity contribution is 5.99. The van der Waals surface area contributed by atoms with Gasteiger partial charge < -0.3 is 10.2 Å². The Bertz CT molecular complexity index is 579. The Morgan fingerprint density at radius 2 is 2.05 bits per heavy atom. The van der Waals surface area contributed by atoms with Gasteiger partial charge in [-0.15, -0.1) is 0 Å². The summed E-state index contributed by atoms with van der Waals surface area (Å²) < 4.78 is 0. The van der Waals surface area contributed by atoms with E-state index in [2.05, 4.69) is 10.3 Å². The van der Waals surface area contributed by atoms with Crippen LogP contribution in [0.2, 0.25) is 0 Å². The zero-order valence-corrected chi connectivity index (χ0v) is 12.6. The molecule has 1 N–H and O–H groups in total. The molecule has 1 saturated heterocycles. The number of aryl methyl sites for hydroxylation is 1. The molecule has 0 bridgehead atoms. The van der Waals surface area contributed by atoms with Crippen molar-refractivity contribution in [3.8, 4) is 0 Å². The van der Waals surface area contributed by atoms with E-state index in [9.17, 15) is 9.59 Å². The first-order valence-electron chi connectivity index (χ1n) is 7.55. The number of aromatic nitrogens is 1. The van der Waals surface area contributed by atoms with Crippen LogP contribution in [0.4, 0.5) is 0 Å². The molecule has 0 aromatic carbocycles. The quantitative estimate of drug-likeness (QED) is 0.897. The lowest BCUT2D eigenvalue weighted by molar-refractivity contribution is -0.154. The summed E-state index contributed by atoms with van der Waals surface area (Å²) in [7, 11) is 0. The Labute approximate surface area is 124 Å². The molecule has 1 aromatic rings. The minimum absolute atomic E-state index is 0.0443. The third-order valence-corrected chi connectivity index (χ3v) is 4.62. The SMILES string of the molecule is Cc1cncc(CN2C(=O)C3(CCCC3)NC(=O)C2C)c1. The summed E-state index contributed by atoms with van der Waals surface area (Å²) in [6.45, 7) is 4.21. The highest BCUT2D eigenvalue weighted by Crippen LogP contribution is 2.35. The molecule has 2 heterocycles. The second kappa shape index (κ2) is 5.13. The molecular formula is C16H21N3O2. The van der Waals surface area contributed by atoms with E-state index < -0.39 is 11.6 Å². The van der Waals surface area contributed by atoms with Crippen LogP contribution in [-0.2, 0) is 16.1 Å². The zero-order valence-electron chi connectivity index (χ0n) is 12.6. The first kappa shape index (κ1) is 14.0. The first-order chi connectivity index (χ1) is 10.0. The standard InChI is InChI=1S/C16H21N3O2/c1-11-7-13(9-17-8-11)10-19-12(2)14(20)18-16(15(19)21)5-3-4-6-16/h7-9,12H,3-6,10H2,1-2H3,(H,18,20). The Hall–Kier alpha value is -1.91. The third-order valence-electron chi connectivity index (χ3n) is 4.62. The molecule has 1 spiro atoms. The molecule has 1 aromatic heterocycles. The number of carbonyl (C=O) groups is 2. The van der Waals surface area contributed by atoms with Crippen LogP contribution in [0, 0.1) is 6.92 Å². The predicted octanol–water partition coefficient (Wildman–Crippen LogP) is 1.55. The number of hydrogen-bond donors (Lipinski definition) is 1. The number of piperazine rings is 1. The highest BCUT2D eigenvalue weighted by atomic mass is 16.2. The Morgan fingerprint density at radius 3 is 2.71 bits per heavy atom. The number of pyridine rings is 1. The van der Waals surface area contributed by atoms with Gasteiger partial charge in [-0.1, -0.05) is 18.9 Å². The van der Waals surface area contributed by atoms with Crippen molar-refractivity contribution in [1.29, 1.82) is 0 Å². The molecular weight excluding hydrogens is 266 g/mol. The van der Waals surface area contributed by atoms with Crippen molar-refractivity contribution in [2.24, 2.45) is 0 Å². The minimum Gasteiger partial charge on any atom is -0.340 e. The van der Waals surface area contributed by atoms with E-state index in [0.717, 1.165) is 36.8 Å². The highest BCUT2D eigenvalue weighted by Gasteiger charge is 2.50. The molecule has 1 unspecified atom stereocenters. The number of nitrogens with zero attached hydrogens (tertiary/aromatic N) is 2. The summed E-state index contributed by atoms with van der Waals surface area (Å²) in [5, 5.41) is 2.97. The largest absolute Gasteiger partial charge is 0.340 e. The smallest absolute Gasteiger partial charge is 0.249 e. The monoisotopic (exact) mass is 287 g/mol. The molecule has 21 heavy (non-hydrogen) atoms. The van der Waals surface area contributed by atoms with Crippen LogP contribution in [0.15, 0.2) is 18.5 Å². The van der Waals surface area contributed by atoms with Gasteiger partial charge in [0.2, 0.25) is 11.8 Å². The van der Waals surface area contributed by atoms with Gasteiger partial charge in [0.1, 0.15) is 11.6 Å². The number of hydrogen-bond acceptors (Lipinski definition) is 3. The fourth-order valence-electron chi connectivity index (χ4n) is 3.41. The van der Waals surface area contributed by atoms with E-state index in [1.54, 1.807) is 24.2 Å². The lowest BCUT2D eigenvalue weighted by Gasteiger charge is -2.43. The third kappa shape index (κ3) is 2.41. The van der Waals surface area contributed by atoms with Gasteiger partial charge in [-0.2, -0.15) is 0 Å². The molecule has 1 aliphatic heterocycles. The van der Waals surface area contributed by atoms with Crippen molar-refractivity contribution in [2.75, 3.05) is 0 Å². The van der Waals surface area contributed by atoms with Gasteiger partial charge >= 0.3 is 0 Å². The summed E-state index contributed by atoms with van der Waals surface area (Å²) in [6, 6.07) is 1.59. The van der Waals surface area contributed by atoms with Gasteiger partial charge in [-0.05, 0) is 37.8 Å². The van der Waals surface area contributed by atoms with Crippen LogP contribution in [0.5, 0.6) is 0 Å². The van der Waals surface area contributed by atoms with Crippen molar-refractivity contribution in [2.45, 2.75) is 57.7 Å². The molecule has 2 amide bonds. The van der Waals surface area contributed by atoms with Crippen molar-refractivity contribution in [3.05, 3.63) is 29.6 Å². The molecule has 2 aliphatic rings. The van der Waals surface area contributed by atoms with Gasteiger partial charge in [0.15, 0.2) is 0 Å². The maximum atomic E-state index is 12.9. The van der Waals surface area contributed by atoms with Crippen LogP contribution >= 0.6 is 0 Å². The van der Waals surface area contributed by atoms with Crippen molar-refractivity contribution < 1.29 is 9.59 Å². The Balaban J connectivity index is 1.88. The molecule has 2 fully saturated rings. The van der Waals surface area contributed by atoms with E-state index in [0.29, 0.717) is 6.54 Å². The van der Waals surface area contributed by atoms with Crippen molar-refractivity contribution >= 4 is 11.8 Å². The molecule has 1 atom stereocenters. The summed E-state index contributed by atoms with van der Waals surface area (Å²) >= 11 is 0. The van der Waals surface area contributed by atoms with Crippen LogP contribution < -0.4 is 5.32 Å². The summed E-state index contributed by atoms with van der Waals surface area (Å²) in [5.41, 5.74) is 1.38. The van der Waals surface area contributed by atoms with Gasteiger partial charge in [0.05, 0.1) is 0 Å². The van der Waals surface area contributed by atoms with Gasteiger partial charge in [0.25, 0.3) is 0 Å². The van der Waals surface area contributed by atoms with Crippen LogP contribution in [0.25, 0.3) is 0 Å². The number of nitrogens with one attached hydrogen (secondary N) is 1. The maximum Gasteiger partial charge on any atom is 0.249 e. The molecule has 5 heteroatoms. The lowest BCUT2D eigenvalue weighted by atomic mass is 9.90. The second-order valence-electron chi connectivity index (χ2n) is 6.26. The second-order valence-corrected chi connectivity index (χ2v) is 6.26. The normalized spacial score (nSPS) is 24.5. The van der Waals surface area contributed by atoms with E-state index in [1.165, 1.54) is 0 Å². The maximum absolute atomic E-state index is 12.9. The fourth-order valence-corrected chi connectivity index (χ4v) is 3.41. The van der Waals surface area contributed by atoms with E-state index in [-0.39, 0.29) is 11.8 Å². The van der Waals surface area contributed by atoms with E-state index >= 15 is 0 Å². The fraction of sp³-hybridized carbons (Fsp3) is 0.562. The van der Waals surface area contributed by atoms with E-state index in [4.69, 9.17) is 0 Å². The number of carbonyl (C=O) groups excluding carboxylic acids is 2. The zero-order chi connectivity index (χ0) is 15.0. The average molecular weight is 287 g/mol. The van der Waals surface area contributed by atoms with E-state index in [1.807, 2.05) is 13.0 Å². The first-order valence-corrected chi connectivity index (χ1v) is 7.55. The number of rotatable bonds is 2. The van der Waals surface area contributed by atoms with Crippen molar-refractivity contribution in [1.82, 2.24) is 15.2 Å². The van der Waals surface area contributed by atoms with Gasteiger partial charge in [-0.25, -0.2) is 0 Å². The average Bonchev–Trinajstić information content (AvgIpc) is 2.91. The van der Waals surface area contributed by atoms with Crippen LogP contribution in [0.3, 0.4) is 0 Å². The Kier molecular flexibility index (Phi) is 3.43. The number of amides is 2. The van der Waals surface area contributed by atoms with Gasteiger partial charge in [0, 0.05) is 18.9 Å². The van der Waals surface area contributed by atoms with Crippen molar-refractivity contribution in [3.63, 3.8) is 0 Å². The molecule has 0 radical (unpaired) electrons. The molecule has 1 saturated carbocycles. The lowest BCUT2D eigenvalue weighted by Crippen LogP contribution is -2.68. The van der Waals surface area contributed by atoms with Crippen LogP contribution in [0.1, 0.15) is 43.7 Å². The topological polar surface area (TPSA) is 62.3 Å². The summed E-state index contributed by atoms with van der Waals surface area (Å²) in [5.74, 6) is 0.0192. The molecule has 1 aliphatic carbocycles. The summed E-state index contributed by atoms with van der Waals surface area (Å²) in [4.78, 5) is 31.0. The molecule has 5 nitrogen and oxygen atoms in total. The predicted molar refractivity (Wildman–Crippen MR) is 78.3 cm³/mol. The minimum atomic E-state index is -0.652. The molecule has 3 rings (SSSR count). The van der Waals surface area contributed by atoms with Gasteiger partial charge in [-0.3, -0.25) is 14.6 Å². The van der Waals surface area contributed by atoms with Crippen LogP contribution in [-0.4, -0.2) is 33.3 Å². The Morgan fingerprint density at radius 1 is 1.33 bits per heavy atom.